The van der Waals surface area contributed by atoms with Gasteiger partial charge >= 0.3 is 6.09 Å². The van der Waals surface area contributed by atoms with Crippen molar-refractivity contribution in [2.75, 3.05) is 0 Å². The smallest absolute Gasteiger partial charge is 0.408 e. The van der Waals surface area contributed by atoms with Crippen molar-refractivity contribution in [2.45, 2.75) is 103 Å². The van der Waals surface area contributed by atoms with Crippen molar-refractivity contribution in [1.29, 1.82) is 0 Å². The molecule has 2 rings (SSSR count). The van der Waals surface area contributed by atoms with Gasteiger partial charge in [0.15, 0.2) is 0 Å². The number of benzene rings is 1. The number of amides is 4. The number of carbonyl (C=O) groups excluding carboxylic acids is 4. The molecule has 0 aliphatic heterocycles. The van der Waals surface area contributed by atoms with Gasteiger partial charge in [0, 0.05) is 24.1 Å². The minimum Gasteiger partial charge on any atom is -0.444 e. The molecule has 1 saturated carbocycles. The summed E-state index contributed by atoms with van der Waals surface area (Å²) >= 11 is 0. The maximum Gasteiger partial charge on any atom is 0.408 e. The summed E-state index contributed by atoms with van der Waals surface area (Å²) < 4.78 is 5.34. The van der Waals surface area contributed by atoms with E-state index in [4.69, 9.17) is 16.9 Å². The van der Waals surface area contributed by atoms with Gasteiger partial charge in [0.05, 0.1) is 0 Å². The van der Waals surface area contributed by atoms with Crippen molar-refractivity contribution in [2.24, 2.45) is 5.73 Å². The van der Waals surface area contributed by atoms with Gasteiger partial charge in [-0.2, -0.15) is 0 Å². The van der Waals surface area contributed by atoms with Crippen LogP contribution in [-0.4, -0.2) is 52.4 Å². The van der Waals surface area contributed by atoms with E-state index in [1.807, 2.05) is 13.8 Å². The summed E-state index contributed by atoms with van der Waals surface area (Å²) in [6, 6.07) is 4.62. The molecule has 4 N–H and O–H groups in total. The van der Waals surface area contributed by atoms with E-state index in [0.29, 0.717) is 11.1 Å². The normalized spacial score (nSPS) is 15.5. The zero-order chi connectivity index (χ0) is 27.8. The number of rotatable bonds is 12. The second-order valence-electron chi connectivity index (χ2n) is 10.5. The van der Waals surface area contributed by atoms with Crippen molar-refractivity contribution in [3.63, 3.8) is 0 Å². The maximum absolute atomic E-state index is 14.0. The van der Waals surface area contributed by atoms with Crippen molar-refractivity contribution >= 4 is 23.8 Å². The molecule has 0 saturated heterocycles. The highest BCUT2D eigenvalue weighted by molar-refractivity contribution is 5.93. The van der Waals surface area contributed by atoms with E-state index in [2.05, 4.69) is 16.6 Å². The van der Waals surface area contributed by atoms with E-state index in [9.17, 15) is 19.2 Å². The predicted molar refractivity (Wildman–Crippen MR) is 141 cm³/mol. The Morgan fingerprint density at radius 3 is 2.24 bits per heavy atom. The molecule has 0 radical (unpaired) electrons. The summed E-state index contributed by atoms with van der Waals surface area (Å²) in [4.78, 5) is 53.2. The Hall–Kier alpha value is -3.54. The van der Waals surface area contributed by atoms with Crippen LogP contribution in [0.2, 0.25) is 0 Å². The van der Waals surface area contributed by atoms with Gasteiger partial charge in [-0.05, 0) is 71.1 Å². The molecule has 1 aromatic rings. The number of nitrogens with two attached hydrogens (primary N) is 1. The van der Waals surface area contributed by atoms with Crippen molar-refractivity contribution in [1.82, 2.24) is 15.5 Å². The Morgan fingerprint density at radius 1 is 1.14 bits per heavy atom. The molecule has 3 atom stereocenters. The molecule has 9 heteroatoms. The number of primary amides is 1. The van der Waals surface area contributed by atoms with Crippen LogP contribution in [0.1, 0.15) is 90.3 Å². The minimum atomic E-state index is -1.10. The second kappa shape index (κ2) is 13.1. The summed E-state index contributed by atoms with van der Waals surface area (Å²) in [5, 5.41) is 5.63. The molecule has 0 spiro atoms. The average molecular weight is 513 g/mol. The fourth-order valence-electron chi connectivity index (χ4n) is 4.07. The van der Waals surface area contributed by atoms with Gasteiger partial charge in [-0.1, -0.05) is 31.4 Å². The van der Waals surface area contributed by atoms with E-state index >= 15 is 0 Å². The van der Waals surface area contributed by atoms with Crippen LogP contribution < -0.4 is 16.4 Å². The third-order valence-corrected chi connectivity index (χ3v) is 5.89. The summed E-state index contributed by atoms with van der Waals surface area (Å²) in [5.74, 6) is 1.16. The molecule has 1 aliphatic rings. The Balaban J connectivity index is 2.45. The summed E-state index contributed by atoms with van der Waals surface area (Å²) in [6.07, 6.45) is 7.69. The highest BCUT2D eigenvalue weighted by atomic mass is 16.6. The fourth-order valence-corrected chi connectivity index (χ4v) is 4.07. The van der Waals surface area contributed by atoms with Gasteiger partial charge in [0.2, 0.25) is 17.7 Å². The SMILES string of the molecule is C#Cc1ccc(C(C(=O)NC(C)CCC)N(C(=O)C(CCC(N)=O)NC(=O)OC(C)(C)C)C2CC2)cc1. The van der Waals surface area contributed by atoms with Crippen molar-refractivity contribution in [3.8, 4) is 12.3 Å². The van der Waals surface area contributed by atoms with Gasteiger partial charge in [-0.3, -0.25) is 14.4 Å². The first-order valence-corrected chi connectivity index (χ1v) is 12.8. The molecule has 3 unspecified atom stereocenters. The van der Waals surface area contributed by atoms with Gasteiger partial charge in [-0.25, -0.2) is 4.79 Å². The lowest BCUT2D eigenvalue weighted by Crippen LogP contribution is -2.54. The highest BCUT2D eigenvalue weighted by Crippen LogP contribution is 2.36. The first-order chi connectivity index (χ1) is 17.4. The van der Waals surface area contributed by atoms with Crippen molar-refractivity contribution < 1.29 is 23.9 Å². The first kappa shape index (κ1) is 29.7. The monoisotopic (exact) mass is 512 g/mol. The lowest BCUT2D eigenvalue weighted by molar-refractivity contribution is -0.143. The number of alkyl carbamates (subject to hydrolysis) is 1. The average Bonchev–Trinajstić information content (AvgIpc) is 3.63. The topological polar surface area (TPSA) is 131 Å². The third kappa shape index (κ3) is 9.45. The Morgan fingerprint density at radius 2 is 1.76 bits per heavy atom. The van der Waals surface area contributed by atoms with Gasteiger partial charge in [-0.15, -0.1) is 6.42 Å². The number of nitrogens with one attached hydrogen (secondary N) is 2. The van der Waals surface area contributed by atoms with E-state index < -0.39 is 35.6 Å². The standard InChI is InChI=1S/C28H40N4O5/c1-7-9-18(3)30-25(34)24(20-12-10-19(8-2)11-13-20)32(21-14-15-21)26(35)22(16-17-23(29)33)31-27(36)37-28(4,5)6/h2,10-13,18,21-22,24H,7,9,14-17H2,1,3-6H3,(H2,29,33)(H,30,34)(H,31,36). The van der Waals surface area contributed by atoms with Crippen LogP contribution in [0.5, 0.6) is 0 Å². The highest BCUT2D eigenvalue weighted by Gasteiger charge is 2.44. The van der Waals surface area contributed by atoms with E-state index in [-0.39, 0.29) is 30.8 Å². The Bertz CT molecular complexity index is 1000. The van der Waals surface area contributed by atoms with Crippen LogP contribution in [0.15, 0.2) is 24.3 Å². The van der Waals surface area contributed by atoms with Crippen LogP contribution in [0, 0.1) is 12.3 Å². The molecule has 0 bridgehead atoms. The van der Waals surface area contributed by atoms with Gasteiger partial charge < -0.3 is 26.0 Å². The molecular formula is C28H40N4O5. The minimum absolute atomic E-state index is 0.0206. The fraction of sp³-hybridized carbons (Fsp3) is 0.571. The summed E-state index contributed by atoms with van der Waals surface area (Å²) in [6.45, 7) is 9.08. The molecule has 202 valence electrons. The Kier molecular flexibility index (Phi) is 10.5. The van der Waals surface area contributed by atoms with E-state index in [1.54, 1.807) is 45.0 Å². The quantitative estimate of drug-likeness (QED) is 0.370. The van der Waals surface area contributed by atoms with Crippen LogP contribution in [0.4, 0.5) is 4.79 Å². The van der Waals surface area contributed by atoms with Crippen LogP contribution in [0.3, 0.4) is 0 Å². The molecular weight excluding hydrogens is 472 g/mol. The lowest BCUT2D eigenvalue weighted by atomic mass is 9.99. The zero-order valence-corrected chi connectivity index (χ0v) is 22.5. The molecule has 0 aromatic heterocycles. The number of hydrogen-bond donors (Lipinski definition) is 3. The lowest BCUT2D eigenvalue weighted by Gasteiger charge is -2.35. The summed E-state index contributed by atoms with van der Waals surface area (Å²) in [7, 11) is 0. The molecule has 1 fully saturated rings. The number of nitrogens with zero attached hydrogens (tertiary/aromatic N) is 1. The summed E-state index contributed by atoms with van der Waals surface area (Å²) in [5.41, 5.74) is 5.81. The van der Waals surface area contributed by atoms with Crippen LogP contribution >= 0.6 is 0 Å². The number of ether oxygens (including phenoxy) is 1. The van der Waals surface area contributed by atoms with E-state index in [0.717, 1.165) is 25.7 Å². The Labute approximate surface area is 219 Å². The number of terminal acetylenes is 1. The van der Waals surface area contributed by atoms with E-state index in [1.165, 1.54) is 4.90 Å². The second-order valence-corrected chi connectivity index (χ2v) is 10.5. The van der Waals surface area contributed by atoms with Crippen molar-refractivity contribution in [3.05, 3.63) is 35.4 Å². The first-order valence-electron chi connectivity index (χ1n) is 12.8. The third-order valence-electron chi connectivity index (χ3n) is 5.89. The molecule has 0 heterocycles. The molecule has 9 nitrogen and oxygen atoms in total. The molecule has 4 amide bonds. The van der Waals surface area contributed by atoms with Gasteiger partial charge in [0.1, 0.15) is 17.7 Å². The maximum atomic E-state index is 14.0. The number of hydrogen-bond acceptors (Lipinski definition) is 5. The van der Waals surface area contributed by atoms with Gasteiger partial charge in [0.25, 0.3) is 0 Å². The molecule has 37 heavy (non-hydrogen) atoms. The van der Waals surface area contributed by atoms with Crippen LogP contribution in [-0.2, 0) is 19.1 Å². The number of carbonyl (C=O) groups is 4. The largest absolute Gasteiger partial charge is 0.444 e. The van der Waals surface area contributed by atoms with Crippen LogP contribution in [0.25, 0.3) is 0 Å². The molecule has 1 aromatic carbocycles. The zero-order valence-electron chi connectivity index (χ0n) is 22.5. The predicted octanol–water partition coefficient (Wildman–Crippen LogP) is 3.16. The molecule has 1 aliphatic carbocycles.